The summed E-state index contributed by atoms with van der Waals surface area (Å²) in [7, 11) is 22.8. The van der Waals surface area contributed by atoms with E-state index in [-0.39, 0.29) is 23.7 Å². The summed E-state index contributed by atoms with van der Waals surface area (Å²) in [6.07, 6.45) is 4.75. The van der Waals surface area contributed by atoms with E-state index >= 15 is 0 Å². The van der Waals surface area contributed by atoms with Gasteiger partial charge < -0.3 is 0 Å². The first kappa shape index (κ1) is 21.2. The Morgan fingerprint density at radius 3 is 2.30 bits per heavy atom. The molecule has 30 heavy (non-hydrogen) atoms. The lowest BCUT2D eigenvalue weighted by Gasteiger charge is -2.56. The first-order valence-corrected chi connectivity index (χ1v) is 10.8. The Balaban J connectivity index is 1.77. The molecule has 146 valence electrons. The smallest absolute Gasteiger partial charge is 0.244 e. The van der Waals surface area contributed by atoms with Crippen molar-refractivity contribution < 1.29 is 8.42 Å². The van der Waals surface area contributed by atoms with E-state index in [1.807, 2.05) is 19.2 Å². The van der Waals surface area contributed by atoms with Gasteiger partial charge >= 0.3 is 0 Å². The van der Waals surface area contributed by atoms with Crippen LogP contribution in [0.2, 0.25) is 0 Å². The molecule has 3 aromatic heterocycles. The summed E-state index contributed by atoms with van der Waals surface area (Å²) in [5.74, 6) is -0.287. The SMILES string of the molecule is [B]C1([B])CC(c2cn3ncnc3cc2C)CC([B])([B])N1S(=O)(=O)c1cnn(C)c1C. The first-order valence-electron chi connectivity index (χ1n) is 9.34. The highest BCUT2D eigenvalue weighted by Crippen LogP contribution is 2.45. The Bertz CT molecular complexity index is 1220. The number of hydrogen-bond acceptors (Lipinski definition) is 5. The Morgan fingerprint density at radius 2 is 1.73 bits per heavy atom. The lowest BCUT2D eigenvalue weighted by Crippen LogP contribution is -2.68. The number of nitrogens with zero attached hydrogens (tertiary/aromatic N) is 6. The van der Waals surface area contributed by atoms with Gasteiger partial charge in [-0.1, -0.05) is 0 Å². The summed E-state index contributed by atoms with van der Waals surface area (Å²) in [6.45, 7) is 3.56. The molecule has 3 aromatic rings. The molecule has 0 spiro atoms. The molecule has 8 nitrogen and oxygen atoms in total. The Hall–Kier alpha value is -2.00. The molecule has 1 aliphatic rings. The number of rotatable bonds is 3. The molecule has 0 aromatic carbocycles. The molecule has 4 rings (SSSR count). The zero-order chi connectivity index (χ0) is 22.1. The molecule has 1 aliphatic heterocycles. The van der Waals surface area contributed by atoms with Crippen molar-refractivity contribution in [3.05, 3.63) is 41.6 Å². The highest BCUT2D eigenvalue weighted by Gasteiger charge is 2.51. The number of aromatic nitrogens is 5. The van der Waals surface area contributed by atoms with E-state index in [1.165, 1.54) is 17.2 Å². The summed E-state index contributed by atoms with van der Waals surface area (Å²) in [6, 6.07) is 1.88. The quantitative estimate of drug-likeness (QED) is 0.547. The van der Waals surface area contributed by atoms with Crippen LogP contribution in [0.4, 0.5) is 0 Å². The van der Waals surface area contributed by atoms with Crippen LogP contribution in [0.5, 0.6) is 0 Å². The van der Waals surface area contributed by atoms with Crippen molar-refractivity contribution in [3.8, 4) is 0 Å². The summed E-state index contributed by atoms with van der Waals surface area (Å²) in [5, 5.41) is 4.52. The van der Waals surface area contributed by atoms with Gasteiger partial charge in [0.2, 0.25) is 10.0 Å². The van der Waals surface area contributed by atoms with Gasteiger partial charge in [0.15, 0.2) is 5.65 Å². The van der Waals surface area contributed by atoms with Crippen LogP contribution in [-0.4, -0.2) is 79.2 Å². The number of pyridine rings is 1. The molecule has 4 heterocycles. The standard InChI is InChI=1S/C17H18B4N6O2S/c1-10-4-15-22-9-24-26(15)8-13(10)12-5-16(18,19)27(17(20,21)6-12)30(28,29)14-7-23-25(3)11(14)2/h4,7-9,12H,5-6H2,1-3H3. The molecule has 0 amide bonds. The van der Waals surface area contributed by atoms with E-state index in [1.54, 1.807) is 18.5 Å². The minimum absolute atomic E-state index is 0.0378. The van der Waals surface area contributed by atoms with Crippen molar-refractivity contribution in [1.29, 1.82) is 0 Å². The van der Waals surface area contributed by atoms with Crippen LogP contribution in [0, 0.1) is 13.8 Å². The van der Waals surface area contributed by atoms with Gasteiger partial charge in [-0.15, -0.1) is 0 Å². The molecule has 0 N–H and O–H groups in total. The topological polar surface area (TPSA) is 85.4 Å². The predicted octanol–water partition coefficient (Wildman–Crippen LogP) is -0.370. The van der Waals surface area contributed by atoms with Gasteiger partial charge in [0.1, 0.15) is 11.2 Å². The fourth-order valence-electron chi connectivity index (χ4n) is 4.31. The third kappa shape index (κ3) is 3.22. The minimum Gasteiger partial charge on any atom is -0.272 e. The van der Waals surface area contributed by atoms with Gasteiger partial charge in [0.25, 0.3) is 0 Å². The highest BCUT2D eigenvalue weighted by atomic mass is 32.2. The number of fused-ring (bicyclic) bond motifs is 1. The maximum Gasteiger partial charge on any atom is 0.244 e. The van der Waals surface area contributed by atoms with Crippen molar-refractivity contribution in [1.82, 2.24) is 28.7 Å². The molecule has 1 fully saturated rings. The number of piperidine rings is 1. The summed E-state index contributed by atoms with van der Waals surface area (Å²) < 4.78 is 30.8. The lowest BCUT2D eigenvalue weighted by atomic mass is 9.46. The number of aryl methyl sites for hydroxylation is 2. The van der Waals surface area contributed by atoms with Crippen LogP contribution in [-0.2, 0) is 17.1 Å². The monoisotopic (exact) mass is 414 g/mol. The lowest BCUT2D eigenvalue weighted by molar-refractivity contribution is 0.207. The summed E-state index contributed by atoms with van der Waals surface area (Å²) in [4.78, 5) is 4.13. The second-order valence-electron chi connectivity index (χ2n) is 8.05. The zero-order valence-electron chi connectivity index (χ0n) is 17.0. The van der Waals surface area contributed by atoms with Gasteiger partial charge in [-0.05, 0) is 60.5 Å². The van der Waals surface area contributed by atoms with E-state index < -0.39 is 20.7 Å². The second kappa shape index (κ2) is 6.75. The van der Waals surface area contributed by atoms with Crippen molar-refractivity contribution in [3.63, 3.8) is 0 Å². The molecule has 8 radical (unpaired) electrons. The normalized spacial score (nSPS) is 20.0. The van der Waals surface area contributed by atoms with E-state index in [4.69, 9.17) is 31.4 Å². The average Bonchev–Trinajstić information content (AvgIpc) is 3.18. The number of hydrogen-bond donors (Lipinski definition) is 0. The molecule has 0 atom stereocenters. The van der Waals surface area contributed by atoms with Crippen molar-refractivity contribution in [2.24, 2.45) is 7.05 Å². The van der Waals surface area contributed by atoms with Crippen LogP contribution in [0.1, 0.15) is 35.6 Å². The molecule has 0 unspecified atom stereocenters. The van der Waals surface area contributed by atoms with Crippen molar-refractivity contribution in [2.45, 2.75) is 48.2 Å². The van der Waals surface area contributed by atoms with Gasteiger partial charge in [-0.25, -0.2) is 22.2 Å². The van der Waals surface area contributed by atoms with Crippen LogP contribution in [0.3, 0.4) is 0 Å². The average molecular weight is 414 g/mol. The van der Waals surface area contributed by atoms with Crippen LogP contribution in [0.25, 0.3) is 5.65 Å². The maximum absolute atomic E-state index is 13.4. The number of sulfonamides is 1. The second-order valence-corrected chi connectivity index (χ2v) is 9.80. The fraction of sp³-hybridized carbons (Fsp3) is 0.471. The third-order valence-electron chi connectivity index (χ3n) is 5.71. The van der Waals surface area contributed by atoms with Crippen LogP contribution in [0.15, 0.2) is 29.7 Å². The first-order chi connectivity index (χ1) is 13.8. The van der Waals surface area contributed by atoms with Crippen LogP contribution >= 0.6 is 0 Å². The molecule has 0 saturated carbocycles. The molecular formula is C17H18B4N6O2S. The molecule has 0 bridgehead atoms. The van der Waals surface area contributed by atoms with Gasteiger partial charge in [-0.2, -0.15) is 10.2 Å². The van der Waals surface area contributed by atoms with Gasteiger partial charge in [0, 0.05) is 13.2 Å². The van der Waals surface area contributed by atoms with Crippen molar-refractivity contribution >= 4 is 47.1 Å². The Kier molecular flexibility index (Phi) is 4.78. The van der Waals surface area contributed by atoms with E-state index in [2.05, 4.69) is 15.2 Å². The van der Waals surface area contributed by atoms with Crippen LogP contribution < -0.4 is 0 Å². The zero-order valence-corrected chi connectivity index (χ0v) is 17.8. The van der Waals surface area contributed by atoms with E-state index in [0.29, 0.717) is 11.3 Å². The summed E-state index contributed by atoms with van der Waals surface area (Å²) in [5.41, 5.74) is 2.94. The van der Waals surface area contributed by atoms with Crippen molar-refractivity contribution in [2.75, 3.05) is 0 Å². The molecule has 13 heteroatoms. The predicted molar refractivity (Wildman–Crippen MR) is 115 cm³/mol. The Morgan fingerprint density at radius 1 is 1.10 bits per heavy atom. The summed E-state index contributed by atoms with van der Waals surface area (Å²) >= 11 is 0. The van der Waals surface area contributed by atoms with Gasteiger partial charge in [-0.3, -0.25) is 4.68 Å². The largest absolute Gasteiger partial charge is 0.272 e. The van der Waals surface area contributed by atoms with E-state index in [0.717, 1.165) is 15.4 Å². The van der Waals surface area contributed by atoms with E-state index in [9.17, 15) is 8.42 Å². The highest BCUT2D eigenvalue weighted by molar-refractivity contribution is 7.89. The minimum atomic E-state index is -4.21. The molecular weight excluding hydrogens is 396 g/mol. The fourth-order valence-corrected chi connectivity index (χ4v) is 6.24. The van der Waals surface area contributed by atoms with Gasteiger partial charge in [0.05, 0.1) is 43.3 Å². The Labute approximate surface area is 181 Å². The maximum atomic E-state index is 13.4. The third-order valence-corrected chi connectivity index (χ3v) is 7.83. The molecule has 0 aliphatic carbocycles. The molecule has 1 saturated heterocycles.